The highest BCUT2D eigenvalue weighted by Gasteiger charge is 2.29. The predicted molar refractivity (Wildman–Crippen MR) is 93.8 cm³/mol. The molecule has 0 bridgehead atoms. The second kappa shape index (κ2) is 5.39. The van der Waals surface area contributed by atoms with Crippen molar-refractivity contribution in [1.29, 1.82) is 0 Å². The summed E-state index contributed by atoms with van der Waals surface area (Å²) in [5.74, 6) is 0. The number of hydrogen-bond acceptors (Lipinski definition) is 2. The number of aromatic nitrogens is 1. The highest BCUT2D eigenvalue weighted by molar-refractivity contribution is 5.86. The lowest BCUT2D eigenvalue weighted by molar-refractivity contribution is 0.136. The molecule has 2 aromatic rings. The van der Waals surface area contributed by atoms with Gasteiger partial charge in [-0.15, -0.1) is 0 Å². The smallest absolute Gasteiger partial charge is 0.0484 e. The van der Waals surface area contributed by atoms with Crippen LogP contribution in [0.3, 0.4) is 0 Å². The van der Waals surface area contributed by atoms with E-state index in [1.807, 2.05) is 0 Å². The molecule has 0 saturated carbocycles. The van der Waals surface area contributed by atoms with Crippen LogP contribution in [-0.4, -0.2) is 15.0 Å². The van der Waals surface area contributed by atoms with Crippen LogP contribution in [0.2, 0.25) is 0 Å². The molecular weight excluding hydrogens is 270 g/mol. The summed E-state index contributed by atoms with van der Waals surface area (Å²) in [7, 11) is 2.13. The lowest BCUT2D eigenvalue weighted by Gasteiger charge is -2.31. The van der Waals surface area contributed by atoms with Gasteiger partial charge in [0.05, 0.1) is 0 Å². The minimum absolute atomic E-state index is 0.145. The molecule has 1 aliphatic heterocycles. The molecule has 1 aliphatic rings. The van der Waals surface area contributed by atoms with Crippen LogP contribution in [0.15, 0.2) is 18.3 Å². The van der Waals surface area contributed by atoms with E-state index in [9.17, 15) is 0 Å². The normalized spacial score (nSPS) is 17.2. The molecule has 3 heteroatoms. The quantitative estimate of drug-likeness (QED) is 0.926. The number of benzene rings is 1. The molecule has 0 fully saturated rings. The number of rotatable bonds is 3. The molecule has 1 aromatic carbocycles. The van der Waals surface area contributed by atoms with E-state index in [0.29, 0.717) is 0 Å². The molecule has 1 atom stereocenters. The maximum absolute atomic E-state index is 6.40. The van der Waals surface area contributed by atoms with Gasteiger partial charge in [0, 0.05) is 48.8 Å². The summed E-state index contributed by atoms with van der Waals surface area (Å²) in [6.45, 7) is 11.2. The Labute approximate surface area is 134 Å². The van der Waals surface area contributed by atoms with Crippen LogP contribution in [-0.2, 0) is 20.1 Å². The van der Waals surface area contributed by atoms with Crippen LogP contribution >= 0.6 is 0 Å². The van der Waals surface area contributed by atoms with Gasteiger partial charge < -0.3 is 10.3 Å². The lowest BCUT2D eigenvalue weighted by atomic mass is 10.00. The van der Waals surface area contributed by atoms with Gasteiger partial charge in [-0.1, -0.05) is 13.3 Å². The van der Waals surface area contributed by atoms with Gasteiger partial charge >= 0.3 is 0 Å². The van der Waals surface area contributed by atoms with Crippen molar-refractivity contribution in [1.82, 2.24) is 9.47 Å². The number of nitrogens with two attached hydrogens (primary N) is 1. The molecule has 1 aromatic heterocycles. The molecule has 0 radical (unpaired) electrons. The fourth-order valence-electron chi connectivity index (χ4n) is 3.54. The minimum Gasteiger partial charge on any atom is -0.350 e. The van der Waals surface area contributed by atoms with Gasteiger partial charge in [-0.2, -0.15) is 0 Å². The van der Waals surface area contributed by atoms with Crippen LogP contribution < -0.4 is 5.73 Å². The Morgan fingerprint density at radius 3 is 2.41 bits per heavy atom. The van der Waals surface area contributed by atoms with E-state index in [0.717, 1.165) is 25.9 Å². The summed E-state index contributed by atoms with van der Waals surface area (Å²) in [5, 5.41) is 1.35. The van der Waals surface area contributed by atoms with Crippen molar-refractivity contribution in [3.8, 4) is 0 Å². The topological polar surface area (TPSA) is 34.2 Å². The molecule has 0 spiro atoms. The zero-order valence-electron chi connectivity index (χ0n) is 14.6. The first kappa shape index (κ1) is 15.6. The molecule has 22 heavy (non-hydrogen) atoms. The van der Waals surface area contributed by atoms with E-state index >= 15 is 0 Å². The molecular formula is C19H29N3. The minimum atomic E-state index is 0.145. The SMILES string of the molecule is CCCC(N)c1cn(C)c2cc3c(cc12)CN(C(C)(C)C)C3. The highest BCUT2D eigenvalue weighted by atomic mass is 15.2. The third kappa shape index (κ3) is 2.57. The summed E-state index contributed by atoms with van der Waals surface area (Å²) < 4.78 is 2.24. The second-order valence-electron chi connectivity index (χ2n) is 7.76. The summed E-state index contributed by atoms with van der Waals surface area (Å²) in [6, 6.07) is 4.91. The maximum atomic E-state index is 6.40. The van der Waals surface area contributed by atoms with Gasteiger partial charge in [0.15, 0.2) is 0 Å². The van der Waals surface area contributed by atoms with Crippen molar-refractivity contribution < 1.29 is 0 Å². The molecule has 1 unspecified atom stereocenters. The average Bonchev–Trinajstić information content (AvgIpc) is 2.98. The monoisotopic (exact) mass is 299 g/mol. The van der Waals surface area contributed by atoms with Crippen molar-refractivity contribution in [3.63, 3.8) is 0 Å². The summed E-state index contributed by atoms with van der Waals surface area (Å²) >= 11 is 0. The Morgan fingerprint density at radius 1 is 1.18 bits per heavy atom. The van der Waals surface area contributed by atoms with Gasteiger partial charge in [-0.05, 0) is 56.0 Å². The van der Waals surface area contributed by atoms with Gasteiger partial charge in [0.1, 0.15) is 0 Å². The maximum Gasteiger partial charge on any atom is 0.0484 e. The molecule has 3 nitrogen and oxygen atoms in total. The molecule has 2 heterocycles. The standard InChI is InChI=1S/C19H29N3/c1-6-7-17(20)16-12-21(5)18-9-14-11-22(19(2,3)4)10-13(14)8-15(16)18/h8-9,12,17H,6-7,10-11,20H2,1-5H3. The summed E-state index contributed by atoms with van der Waals surface area (Å²) in [6.07, 6.45) is 4.40. The van der Waals surface area contributed by atoms with Crippen LogP contribution in [0.5, 0.6) is 0 Å². The van der Waals surface area contributed by atoms with Crippen LogP contribution in [0.1, 0.15) is 63.3 Å². The van der Waals surface area contributed by atoms with Crippen molar-refractivity contribution in [2.45, 2.75) is 65.2 Å². The van der Waals surface area contributed by atoms with Gasteiger partial charge in [-0.25, -0.2) is 0 Å². The van der Waals surface area contributed by atoms with Gasteiger partial charge in [0.25, 0.3) is 0 Å². The number of nitrogens with zero attached hydrogens (tertiary/aromatic N) is 2. The van der Waals surface area contributed by atoms with E-state index < -0.39 is 0 Å². The molecule has 2 N–H and O–H groups in total. The Morgan fingerprint density at radius 2 is 1.82 bits per heavy atom. The molecule has 3 rings (SSSR count). The zero-order valence-corrected chi connectivity index (χ0v) is 14.6. The van der Waals surface area contributed by atoms with E-state index in [1.165, 1.54) is 27.6 Å². The largest absolute Gasteiger partial charge is 0.350 e. The second-order valence-corrected chi connectivity index (χ2v) is 7.76. The summed E-state index contributed by atoms with van der Waals surface area (Å²) in [4.78, 5) is 2.54. The summed E-state index contributed by atoms with van der Waals surface area (Å²) in [5.41, 5.74) is 12.2. The first-order valence-electron chi connectivity index (χ1n) is 8.42. The molecule has 0 saturated heterocycles. The lowest BCUT2D eigenvalue weighted by Crippen LogP contribution is -2.36. The van der Waals surface area contributed by atoms with Crippen molar-refractivity contribution >= 4 is 10.9 Å². The molecule has 0 amide bonds. The Kier molecular flexibility index (Phi) is 3.82. The zero-order chi connectivity index (χ0) is 16.1. The van der Waals surface area contributed by atoms with Crippen molar-refractivity contribution in [2.75, 3.05) is 0 Å². The average molecular weight is 299 g/mol. The van der Waals surface area contributed by atoms with Crippen molar-refractivity contribution in [3.05, 3.63) is 35.0 Å². The number of fused-ring (bicyclic) bond motifs is 2. The predicted octanol–water partition coefficient (Wildman–Crippen LogP) is 4.09. The number of hydrogen-bond donors (Lipinski definition) is 1. The molecule has 120 valence electrons. The Balaban J connectivity index is 2.04. The third-order valence-corrected chi connectivity index (χ3v) is 5.01. The fraction of sp³-hybridized carbons (Fsp3) is 0.579. The Bertz CT molecular complexity index is 691. The van der Waals surface area contributed by atoms with Gasteiger partial charge in [-0.3, -0.25) is 4.90 Å². The van der Waals surface area contributed by atoms with Crippen molar-refractivity contribution in [2.24, 2.45) is 12.8 Å². The Hall–Kier alpha value is -1.32. The van der Waals surface area contributed by atoms with Gasteiger partial charge in [0.2, 0.25) is 0 Å². The van der Waals surface area contributed by atoms with Crippen LogP contribution in [0.4, 0.5) is 0 Å². The van der Waals surface area contributed by atoms with Crippen LogP contribution in [0.25, 0.3) is 10.9 Å². The highest BCUT2D eigenvalue weighted by Crippen LogP contribution is 2.35. The van der Waals surface area contributed by atoms with E-state index in [2.05, 4.69) is 62.5 Å². The first-order chi connectivity index (χ1) is 10.3. The number of aryl methyl sites for hydroxylation is 1. The fourth-order valence-corrected chi connectivity index (χ4v) is 3.54. The van der Waals surface area contributed by atoms with E-state index in [4.69, 9.17) is 5.73 Å². The third-order valence-electron chi connectivity index (χ3n) is 5.01. The van der Waals surface area contributed by atoms with E-state index in [-0.39, 0.29) is 11.6 Å². The first-order valence-corrected chi connectivity index (χ1v) is 8.42. The van der Waals surface area contributed by atoms with E-state index in [1.54, 1.807) is 0 Å². The van der Waals surface area contributed by atoms with Crippen LogP contribution in [0, 0.1) is 0 Å². The molecule has 0 aliphatic carbocycles.